The van der Waals surface area contributed by atoms with Crippen molar-refractivity contribution < 1.29 is 10.2 Å². The number of aliphatic hydroxyl groups is 2. The Balaban J connectivity index is 1.59. The Kier molecular flexibility index (Phi) is 4.78. The first-order valence-corrected chi connectivity index (χ1v) is 10.0. The third-order valence-electron chi connectivity index (χ3n) is 5.36. The molecule has 0 fully saturated rings. The molecule has 0 aliphatic heterocycles. The highest BCUT2D eigenvalue weighted by molar-refractivity contribution is 5.82. The maximum absolute atomic E-state index is 9.53. The van der Waals surface area contributed by atoms with Crippen LogP contribution < -0.4 is 0 Å². The van der Waals surface area contributed by atoms with Crippen molar-refractivity contribution in [2.75, 3.05) is 13.2 Å². The Labute approximate surface area is 173 Å². The highest BCUT2D eigenvalue weighted by Gasteiger charge is 2.15. The molecule has 0 aliphatic carbocycles. The highest BCUT2D eigenvalue weighted by Crippen LogP contribution is 2.29. The van der Waals surface area contributed by atoms with Gasteiger partial charge >= 0.3 is 0 Å². The van der Waals surface area contributed by atoms with E-state index >= 15 is 0 Å². The second-order valence-corrected chi connectivity index (χ2v) is 7.18. The van der Waals surface area contributed by atoms with Crippen molar-refractivity contribution in [2.24, 2.45) is 0 Å². The maximum atomic E-state index is 9.53. The van der Waals surface area contributed by atoms with Gasteiger partial charge in [0.25, 0.3) is 0 Å². The van der Waals surface area contributed by atoms with Gasteiger partial charge in [-0.25, -0.2) is 9.97 Å². The van der Waals surface area contributed by atoms with Gasteiger partial charge in [0, 0.05) is 24.2 Å². The summed E-state index contributed by atoms with van der Waals surface area (Å²) in [5.41, 5.74) is 5.80. The van der Waals surface area contributed by atoms with Crippen LogP contribution in [0.2, 0.25) is 0 Å². The largest absolute Gasteiger partial charge is 0.395 e. The van der Waals surface area contributed by atoms with E-state index in [1.807, 2.05) is 81.9 Å². The van der Waals surface area contributed by atoms with Crippen molar-refractivity contribution in [1.29, 1.82) is 0 Å². The molecule has 0 spiro atoms. The summed E-state index contributed by atoms with van der Waals surface area (Å²) in [5.74, 6) is 1.67. The van der Waals surface area contributed by atoms with Crippen LogP contribution in [0, 0.1) is 0 Å². The first-order chi connectivity index (χ1) is 14.8. The summed E-state index contributed by atoms with van der Waals surface area (Å²) in [6.45, 7) is 1.08. The second-order valence-electron chi connectivity index (χ2n) is 7.18. The van der Waals surface area contributed by atoms with Gasteiger partial charge in [0.15, 0.2) is 0 Å². The molecule has 0 saturated carbocycles. The van der Waals surface area contributed by atoms with Gasteiger partial charge < -0.3 is 19.3 Å². The molecule has 0 bridgehead atoms. The molecule has 2 N–H and O–H groups in total. The Morgan fingerprint density at radius 3 is 1.37 bits per heavy atom. The second kappa shape index (κ2) is 7.74. The Morgan fingerprint density at radius 1 is 0.567 bits per heavy atom. The maximum Gasteiger partial charge on any atom is 0.141 e. The van der Waals surface area contributed by atoms with E-state index in [1.165, 1.54) is 0 Å². The van der Waals surface area contributed by atoms with Gasteiger partial charge in [-0.05, 0) is 24.3 Å². The molecule has 30 heavy (non-hydrogen) atoms. The van der Waals surface area contributed by atoms with E-state index in [1.54, 1.807) is 0 Å². The molecule has 5 rings (SSSR count). The van der Waals surface area contributed by atoms with Crippen LogP contribution in [-0.2, 0) is 13.1 Å². The van der Waals surface area contributed by atoms with Crippen LogP contribution in [0.4, 0.5) is 0 Å². The Hall–Kier alpha value is -3.48. The van der Waals surface area contributed by atoms with Crippen LogP contribution in [0.25, 0.3) is 44.8 Å². The third-order valence-corrected chi connectivity index (χ3v) is 5.36. The summed E-state index contributed by atoms with van der Waals surface area (Å²) in [7, 11) is 0. The topological polar surface area (TPSA) is 76.1 Å². The molecule has 0 radical (unpaired) electrons. The fraction of sp³-hybridized carbons (Fsp3) is 0.167. The van der Waals surface area contributed by atoms with Crippen molar-refractivity contribution in [2.45, 2.75) is 13.1 Å². The molecule has 0 unspecified atom stereocenters. The van der Waals surface area contributed by atoms with Crippen molar-refractivity contribution in [1.82, 2.24) is 19.1 Å². The molecule has 6 nitrogen and oxygen atoms in total. The number of hydrogen-bond donors (Lipinski definition) is 2. The number of aromatic nitrogens is 4. The van der Waals surface area contributed by atoms with E-state index in [9.17, 15) is 10.2 Å². The standard InChI is InChI=1S/C24H22N4O2/c29-15-13-27-21-7-3-1-5-19(21)25-23(27)17-9-11-18(12-10-17)24-26-20-6-2-4-8-22(20)28(24)14-16-30/h1-12,29-30H,13-16H2. The highest BCUT2D eigenvalue weighted by atomic mass is 16.3. The summed E-state index contributed by atoms with van der Waals surface area (Å²) in [6, 6.07) is 24.1. The van der Waals surface area contributed by atoms with E-state index in [4.69, 9.17) is 9.97 Å². The van der Waals surface area contributed by atoms with Gasteiger partial charge in [-0.15, -0.1) is 0 Å². The molecule has 5 aromatic rings. The number of para-hydroxylation sites is 4. The minimum Gasteiger partial charge on any atom is -0.395 e. The average Bonchev–Trinajstić information content (AvgIpc) is 3.34. The number of benzene rings is 3. The van der Waals surface area contributed by atoms with Gasteiger partial charge in [-0.1, -0.05) is 48.5 Å². The van der Waals surface area contributed by atoms with Crippen LogP contribution in [0.15, 0.2) is 72.8 Å². The summed E-state index contributed by atoms with van der Waals surface area (Å²) >= 11 is 0. The molecule has 0 atom stereocenters. The zero-order valence-electron chi connectivity index (χ0n) is 16.4. The van der Waals surface area contributed by atoms with Crippen molar-refractivity contribution >= 4 is 22.1 Å². The molecule has 2 heterocycles. The van der Waals surface area contributed by atoms with Crippen LogP contribution in [0.3, 0.4) is 0 Å². The lowest BCUT2D eigenvalue weighted by Crippen LogP contribution is -2.05. The third kappa shape index (κ3) is 3.07. The minimum atomic E-state index is 0.0522. The van der Waals surface area contributed by atoms with Crippen molar-refractivity contribution in [3.63, 3.8) is 0 Å². The molecule has 6 heteroatoms. The van der Waals surface area contributed by atoms with E-state index in [-0.39, 0.29) is 13.2 Å². The minimum absolute atomic E-state index is 0.0522. The number of nitrogens with zero attached hydrogens (tertiary/aromatic N) is 4. The van der Waals surface area contributed by atoms with Crippen LogP contribution >= 0.6 is 0 Å². The predicted octanol–water partition coefficient (Wildman–Crippen LogP) is 3.70. The molecule has 150 valence electrons. The van der Waals surface area contributed by atoms with Gasteiger partial charge in [-0.2, -0.15) is 0 Å². The van der Waals surface area contributed by atoms with Gasteiger partial charge in [0.1, 0.15) is 11.6 Å². The molecule has 0 amide bonds. The monoisotopic (exact) mass is 398 g/mol. The number of hydrogen-bond acceptors (Lipinski definition) is 4. The molecule has 3 aromatic carbocycles. The van der Waals surface area contributed by atoms with Crippen LogP contribution in [0.1, 0.15) is 0 Å². The first kappa shape index (κ1) is 18.5. The van der Waals surface area contributed by atoms with E-state index in [2.05, 4.69) is 0 Å². The zero-order chi connectivity index (χ0) is 20.5. The number of imidazole rings is 2. The van der Waals surface area contributed by atoms with E-state index in [0.717, 1.165) is 44.8 Å². The molecular formula is C24H22N4O2. The Bertz CT molecular complexity index is 1220. The summed E-state index contributed by atoms with van der Waals surface area (Å²) in [5, 5.41) is 19.1. The molecule has 0 saturated heterocycles. The summed E-state index contributed by atoms with van der Waals surface area (Å²) in [6.07, 6.45) is 0. The quantitative estimate of drug-likeness (QED) is 0.457. The van der Waals surface area contributed by atoms with Crippen molar-refractivity contribution in [3.8, 4) is 22.8 Å². The fourth-order valence-electron chi connectivity index (χ4n) is 4.01. The number of rotatable bonds is 6. The van der Waals surface area contributed by atoms with Crippen LogP contribution in [0.5, 0.6) is 0 Å². The van der Waals surface area contributed by atoms with E-state index in [0.29, 0.717) is 13.1 Å². The van der Waals surface area contributed by atoms with Gasteiger partial charge in [0.05, 0.1) is 35.3 Å². The van der Waals surface area contributed by atoms with Crippen LogP contribution in [-0.4, -0.2) is 42.5 Å². The fourth-order valence-corrected chi connectivity index (χ4v) is 4.01. The lowest BCUT2D eigenvalue weighted by molar-refractivity contribution is 0.278. The Morgan fingerprint density at radius 2 is 0.967 bits per heavy atom. The average molecular weight is 398 g/mol. The van der Waals surface area contributed by atoms with Crippen molar-refractivity contribution in [3.05, 3.63) is 72.8 Å². The zero-order valence-corrected chi connectivity index (χ0v) is 16.4. The summed E-state index contributed by atoms with van der Waals surface area (Å²) in [4.78, 5) is 9.57. The number of aliphatic hydroxyl groups excluding tert-OH is 2. The lowest BCUT2D eigenvalue weighted by atomic mass is 10.1. The summed E-state index contributed by atoms with van der Waals surface area (Å²) < 4.78 is 4.09. The molecule has 0 aliphatic rings. The normalized spacial score (nSPS) is 11.5. The number of fused-ring (bicyclic) bond motifs is 2. The molecule has 2 aromatic heterocycles. The van der Waals surface area contributed by atoms with E-state index < -0.39 is 0 Å². The lowest BCUT2D eigenvalue weighted by Gasteiger charge is -2.10. The predicted molar refractivity (Wildman–Crippen MR) is 118 cm³/mol. The van der Waals surface area contributed by atoms with Gasteiger partial charge in [0.2, 0.25) is 0 Å². The molecular weight excluding hydrogens is 376 g/mol. The smallest absolute Gasteiger partial charge is 0.141 e. The first-order valence-electron chi connectivity index (χ1n) is 10.0. The SMILES string of the molecule is OCCn1c(-c2ccc(-c3nc4ccccc4n3CCO)cc2)nc2ccccc21. The van der Waals surface area contributed by atoms with Gasteiger partial charge in [-0.3, -0.25) is 0 Å².